The Morgan fingerprint density at radius 2 is 2.08 bits per heavy atom. The lowest BCUT2D eigenvalue weighted by molar-refractivity contribution is -0.137. The minimum absolute atomic E-state index is 0.00214. The zero-order valence-corrected chi connectivity index (χ0v) is 14.7. The highest BCUT2D eigenvalue weighted by molar-refractivity contribution is 6.01. The van der Waals surface area contributed by atoms with Gasteiger partial charge in [-0.2, -0.15) is 0 Å². The van der Waals surface area contributed by atoms with Gasteiger partial charge in [-0.05, 0) is 43.4 Å². The van der Waals surface area contributed by atoms with Crippen molar-refractivity contribution in [1.29, 1.82) is 0 Å². The number of amides is 2. The molecule has 0 aliphatic carbocycles. The maximum atomic E-state index is 12.8. The number of hydrogen-bond donors (Lipinski definition) is 0. The van der Waals surface area contributed by atoms with Crippen LogP contribution in [0.25, 0.3) is 0 Å². The van der Waals surface area contributed by atoms with Gasteiger partial charge in [0.15, 0.2) is 0 Å². The Morgan fingerprint density at radius 3 is 2.79 bits per heavy atom. The molecule has 2 heterocycles. The molecule has 1 aromatic rings. The van der Waals surface area contributed by atoms with Crippen molar-refractivity contribution in [2.24, 2.45) is 11.8 Å². The van der Waals surface area contributed by atoms with Gasteiger partial charge in [0.25, 0.3) is 0 Å². The van der Waals surface area contributed by atoms with Crippen molar-refractivity contribution in [3.8, 4) is 5.75 Å². The summed E-state index contributed by atoms with van der Waals surface area (Å²) in [5, 5.41) is 0. The lowest BCUT2D eigenvalue weighted by Crippen LogP contribution is -2.43. The SMILES string of the molecule is COc1ccc(C)cc1N1C[C@@H](C(=O)N2CCC[C@H](C)C2)CC1=O. The summed E-state index contributed by atoms with van der Waals surface area (Å²) in [7, 11) is 1.60. The minimum Gasteiger partial charge on any atom is -0.495 e. The molecule has 24 heavy (non-hydrogen) atoms. The first kappa shape index (κ1) is 16.8. The highest BCUT2D eigenvalue weighted by atomic mass is 16.5. The Hall–Kier alpha value is -2.04. The molecule has 0 spiro atoms. The van der Waals surface area contributed by atoms with Crippen molar-refractivity contribution in [1.82, 2.24) is 4.90 Å². The van der Waals surface area contributed by atoms with E-state index in [9.17, 15) is 9.59 Å². The van der Waals surface area contributed by atoms with Crippen LogP contribution in [-0.2, 0) is 9.59 Å². The molecule has 0 aromatic heterocycles. The maximum absolute atomic E-state index is 12.8. The van der Waals surface area contributed by atoms with Crippen LogP contribution in [0, 0.1) is 18.8 Å². The van der Waals surface area contributed by atoms with E-state index in [2.05, 4.69) is 6.92 Å². The van der Waals surface area contributed by atoms with Gasteiger partial charge in [-0.3, -0.25) is 9.59 Å². The first-order valence-electron chi connectivity index (χ1n) is 8.73. The van der Waals surface area contributed by atoms with Crippen LogP contribution in [0.15, 0.2) is 18.2 Å². The maximum Gasteiger partial charge on any atom is 0.228 e. The number of benzene rings is 1. The van der Waals surface area contributed by atoms with Gasteiger partial charge in [-0.15, -0.1) is 0 Å². The van der Waals surface area contributed by atoms with Crippen molar-refractivity contribution >= 4 is 17.5 Å². The zero-order chi connectivity index (χ0) is 17.3. The number of anilines is 1. The number of rotatable bonds is 3. The number of aryl methyl sites for hydroxylation is 1. The molecule has 130 valence electrons. The number of carbonyl (C=O) groups excluding carboxylic acids is 2. The molecule has 0 saturated carbocycles. The zero-order valence-electron chi connectivity index (χ0n) is 14.7. The number of methoxy groups -OCH3 is 1. The quantitative estimate of drug-likeness (QED) is 0.856. The number of piperidine rings is 1. The molecule has 2 aliphatic heterocycles. The second-order valence-corrected chi connectivity index (χ2v) is 7.11. The average Bonchev–Trinajstić information content (AvgIpc) is 2.95. The third-order valence-electron chi connectivity index (χ3n) is 5.07. The molecule has 2 saturated heterocycles. The summed E-state index contributed by atoms with van der Waals surface area (Å²) in [5.41, 5.74) is 1.84. The van der Waals surface area contributed by atoms with Gasteiger partial charge in [0, 0.05) is 26.1 Å². The molecule has 0 unspecified atom stereocenters. The third kappa shape index (κ3) is 3.25. The first-order valence-corrected chi connectivity index (χ1v) is 8.73. The van der Waals surface area contributed by atoms with Gasteiger partial charge < -0.3 is 14.5 Å². The second-order valence-electron chi connectivity index (χ2n) is 7.11. The van der Waals surface area contributed by atoms with Crippen LogP contribution in [-0.4, -0.2) is 43.5 Å². The van der Waals surface area contributed by atoms with Crippen LogP contribution in [0.5, 0.6) is 5.75 Å². The molecule has 2 amide bonds. The van der Waals surface area contributed by atoms with E-state index in [4.69, 9.17) is 4.74 Å². The topological polar surface area (TPSA) is 49.9 Å². The molecule has 1 aromatic carbocycles. The van der Waals surface area contributed by atoms with Crippen molar-refractivity contribution in [2.75, 3.05) is 31.6 Å². The van der Waals surface area contributed by atoms with E-state index in [1.165, 1.54) is 6.42 Å². The van der Waals surface area contributed by atoms with Crippen LogP contribution in [0.3, 0.4) is 0 Å². The van der Waals surface area contributed by atoms with Gasteiger partial charge in [0.05, 0.1) is 18.7 Å². The summed E-state index contributed by atoms with van der Waals surface area (Å²) >= 11 is 0. The second kappa shape index (κ2) is 6.83. The van der Waals surface area contributed by atoms with Gasteiger partial charge in [0.1, 0.15) is 5.75 Å². The number of carbonyl (C=O) groups is 2. The van der Waals surface area contributed by atoms with E-state index >= 15 is 0 Å². The summed E-state index contributed by atoms with van der Waals surface area (Å²) in [6.45, 7) is 6.26. The molecule has 0 radical (unpaired) electrons. The molecule has 0 N–H and O–H groups in total. The molecular weight excluding hydrogens is 304 g/mol. The predicted molar refractivity (Wildman–Crippen MR) is 93.2 cm³/mol. The van der Waals surface area contributed by atoms with Crippen molar-refractivity contribution in [3.63, 3.8) is 0 Å². The standard InChI is InChI=1S/C19H26N2O3/c1-13-6-7-17(24-3)16(9-13)21-12-15(10-18(21)22)19(23)20-8-4-5-14(2)11-20/h6-7,9,14-15H,4-5,8,10-12H2,1-3H3/t14-,15-/m0/s1. The summed E-state index contributed by atoms with van der Waals surface area (Å²) in [6.07, 6.45) is 2.53. The predicted octanol–water partition coefficient (Wildman–Crippen LogP) is 2.62. The van der Waals surface area contributed by atoms with E-state index in [0.717, 1.165) is 30.8 Å². The van der Waals surface area contributed by atoms with Gasteiger partial charge in [0.2, 0.25) is 11.8 Å². The molecule has 5 nitrogen and oxygen atoms in total. The fraction of sp³-hybridized carbons (Fsp3) is 0.579. The number of likely N-dealkylation sites (tertiary alicyclic amines) is 1. The van der Waals surface area contributed by atoms with Crippen molar-refractivity contribution in [3.05, 3.63) is 23.8 Å². The largest absolute Gasteiger partial charge is 0.495 e. The Labute approximate surface area is 143 Å². The molecule has 2 aliphatic rings. The number of hydrogen-bond acceptors (Lipinski definition) is 3. The van der Waals surface area contributed by atoms with Crippen LogP contribution in [0.4, 0.5) is 5.69 Å². The van der Waals surface area contributed by atoms with Gasteiger partial charge >= 0.3 is 0 Å². The Kier molecular flexibility index (Phi) is 4.78. The minimum atomic E-state index is -0.243. The lowest BCUT2D eigenvalue weighted by atomic mass is 9.98. The highest BCUT2D eigenvalue weighted by Gasteiger charge is 2.38. The van der Waals surface area contributed by atoms with Crippen LogP contribution < -0.4 is 9.64 Å². The van der Waals surface area contributed by atoms with Crippen LogP contribution in [0.1, 0.15) is 31.7 Å². The van der Waals surface area contributed by atoms with E-state index < -0.39 is 0 Å². The fourth-order valence-corrected chi connectivity index (χ4v) is 3.76. The molecule has 2 fully saturated rings. The summed E-state index contributed by atoms with van der Waals surface area (Å²) < 4.78 is 5.40. The van der Waals surface area contributed by atoms with Gasteiger partial charge in [-0.1, -0.05) is 13.0 Å². The number of nitrogens with zero attached hydrogens (tertiary/aromatic N) is 2. The molecule has 0 bridgehead atoms. The summed E-state index contributed by atoms with van der Waals surface area (Å²) in [4.78, 5) is 29.0. The van der Waals surface area contributed by atoms with Crippen LogP contribution >= 0.6 is 0 Å². The summed E-state index contributed by atoms with van der Waals surface area (Å²) in [6, 6.07) is 5.78. The molecule has 5 heteroatoms. The fourth-order valence-electron chi connectivity index (χ4n) is 3.76. The number of ether oxygens (including phenoxy) is 1. The molecule has 2 atom stereocenters. The lowest BCUT2D eigenvalue weighted by Gasteiger charge is -2.32. The highest BCUT2D eigenvalue weighted by Crippen LogP contribution is 2.34. The molecular formula is C19H26N2O3. The molecule has 3 rings (SSSR count). The first-order chi connectivity index (χ1) is 11.5. The van der Waals surface area contributed by atoms with Crippen molar-refractivity contribution in [2.45, 2.75) is 33.1 Å². The Morgan fingerprint density at radius 1 is 1.29 bits per heavy atom. The normalized spacial score (nSPS) is 24.4. The van der Waals surface area contributed by atoms with E-state index in [-0.39, 0.29) is 17.7 Å². The average molecular weight is 330 g/mol. The third-order valence-corrected chi connectivity index (χ3v) is 5.07. The van der Waals surface area contributed by atoms with E-state index in [0.29, 0.717) is 24.6 Å². The smallest absolute Gasteiger partial charge is 0.228 e. The monoisotopic (exact) mass is 330 g/mol. The summed E-state index contributed by atoms with van der Waals surface area (Å²) in [5.74, 6) is 1.11. The van der Waals surface area contributed by atoms with Crippen LogP contribution in [0.2, 0.25) is 0 Å². The van der Waals surface area contributed by atoms with Crippen molar-refractivity contribution < 1.29 is 14.3 Å². The van der Waals surface area contributed by atoms with E-state index in [1.54, 1.807) is 12.0 Å². The Balaban J connectivity index is 1.76. The van der Waals surface area contributed by atoms with E-state index in [1.807, 2.05) is 30.0 Å². The Bertz CT molecular complexity index is 643. The van der Waals surface area contributed by atoms with Gasteiger partial charge in [-0.25, -0.2) is 0 Å².